The summed E-state index contributed by atoms with van der Waals surface area (Å²) in [7, 11) is -4.22. The topological polar surface area (TPSA) is 80.2 Å². The van der Waals surface area contributed by atoms with Crippen LogP contribution in [0.4, 0.5) is 22.0 Å². The second-order valence-electron chi connectivity index (χ2n) is 8.31. The summed E-state index contributed by atoms with van der Waals surface area (Å²) in [6, 6.07) is 10.1. The van der Waals surface area contributed by atoms with Crippen molar-refractivity contribution < 1.29 is 35.2 Å². The molecule has 3 aromatic rings. The highest BCUT2D eigenvalue weighted by molar-refractivity contribution is 8.00. The van der Waals surface area contributed by atoms with Crippen molar-refractivity contribution in [2.75, 3.05) is 6.54 Å². The number of nitrogens with zero attached hydrogens (tertiary/aromatic N) is 3. The highest BCUT2D eigenvalue weighted by atomic mass is 32.2. The van der Waals surface area contributed by atoms with Crippen LogP contribution in [0.25, 0.3) is 11.3 Å². The zero-order valence-corrected chi connectivity index (χ0v) is 20.7. The number of halogens is 5. The number of hydrogen-bond acceptors (Lipinski definition) is 6. The van der Waals surface area contributed by atoms with E-state index < -0.39 is 45.9 Å². The standard InChI is InChI=1S/C24H20F5N3O3S2/c25-16-3-8-20(9-4-16)37(34,35)32-13-17(26)11-22(32)23(33)10-5-18-12-21(31-14-30-18)15-1-6-19(7-2-15)36-24(27,28)29/h1-4,6-9,12,14,17,22H,5,10-11,13H2/t17-,22+/m1/s1. The summed E-state index contributed by atoms with van der Waals surface area (Å²) in [5.41, 5.74) is -2.96. The van der Waals surface area contributed by atoms with Crippen molar-refractivity contribution in [3.8, 4) is 11.3 Å². The minimum absolute atomic E-state index is 0.0269. The Bertz CT molecular complexity index is 1370. The third-order valence-corrected chi connectivity index (χ3v) is 8.36. The van der Waals surface area contributed by atoms with Crippen LogP contribution < -0.4 is 0 Å². The molecule has 1 aliphatic heterocycles. The van der Waals surface area contributed by atoms with Crippen LogP contribution >= 0.6 is 11.8 Å². The molecule has 1 aliphatic rings. The van der Waals surface area contributed by atoms with Crippen molar-refractivity contribution in [1.82, 2.24) is 14.3 Å². The number of benzene rings is 2. The monoisotopic (exact) mass is 557 g/mol. The Morgan fingerprint density at radius 3 is 2.38 bits per heavy atom. The maximum absolute atomic E-state index is 14.2. The highest BCUT2D eigenvalue weighted by Gasteiger charge is 2.43. The lowest BCUT2D eigenvalue weighted by Gasteiger charge is -2.22. The second kappa shape index (κ2) is 10.8. The summed E-state index contributed by atoms with van der Waals surface area (Å²) in [6.45, 7) is -0.476. The average molecular weight is 558 g/mol. The van der Waals surface area contributed by atoms with Crippen LogP contribution in [-0.4, -0.2) is 52.7 Å². The van der Waals surface area contributed by atoms with Crippen LogP contribution in [0.3, 0.4) is 0 Å². The number of Topliss-reactive ketones (excluding diaryl/α,β-unsaturated/α-hetero) is 1. The molecule has 13 heteroatoms. The molecule has 6 nitrogen and oxygen atoms in total. The van der Waals surface area contributed by atoms with Gasteiger partial charge in [0, 0.05) is 35.5 Å². The molecule has 2 atom stereocenters. The van der Waals surface area contributed by atoms with Gasteiger partial charge in [-0.25, -0.2) is 27.2 Å². The van der Waals surface area contributed by atoms with Crippen LogP contribution in [0.5, 0.6) is 0 Å². The number of carbonyl (C=O) groups excluding carboxylic acids is 1. The normalized spacial score (nSPS) is 18.7. The zero-order chi connectivity index (χ0) is 26.8. The molecule has 0 unspecified atom stereocenters. The lowest BCUT2D eigenvalue weighted by molar-refractivity contribution is -0.122. The SMILES string of the molecule is O=C(CCc1cc(-c2ccc(SC(F)(F)F)cc2)ncn1)[C@@H]1C[C@@H](F)CN1S(=O)(=O)c1ccc(F)cc1. The number of sulfonamides is 1. The predicted molar refractivity (Wildman–Crippen MR) is 126 cm³/mol. The van der Waals surface area contributed by atoms with E-state index in [9.17, 15) is 35.2 Å². The van der Waals surface area contributed by atoms with Crippen LogP contribution in [-0.2, 0) is 21.2 Å². The smallest absolute Gasteiger partial charge is 0.298 e. The Hall–Kier alpha value is -2.90. The molecule has 2 heterocycles. The first kappa shape index (κ1) is 27.1. The Kier molecular flexibility index (Phi) is 7.95. The number of aromatic nitrogens is 2. The molecule has 0 saturated carbocycles. The molecule has 0 spiro atoms. The number of carbonyl (C=O) groups is 1. The quantitative estimate of drug-likeness (QED) is 0.280. The fourth-order valence-corrected chi connectivity index (χ4v) is 6.18. The first-order valence-corrected chi connectivity index (χ1v) is 13.3. The van der Waals surface area contributed by atoms with E-state index in [1.807, 2.05) is 0 Å². The van der Waals surface area contributed by atoms with Crippen molar-refractivity contribution in [1.29, 1.82) is 0 Å². The fourth-order valence-electron chi connectivity index (χ4n) is 3.99. The Balaban J connectivity index is 1.44. The molecule has 0 bridgehead atoms. The molecule has 2 aromatic carbocycles. The number of aryl methyl sites for hydroxylation is 1. The van der Waals surface area contributed by atoms with Gasteiger partial charge in [0.05, 0.1) is 16.6 Å². The largest absolute Gasteiger partial charge is 0.446 e. The third-order valence-electron chi connectivity index (χ3n) is 5.73. The number of ketones is 1. The first-order chi connectivity index (χ1) is 17.4. The molecular formula is C24H20F5N3O3S2. The molecule has 0 aliphatic carbocycles. The predicted octanol–water partition coefficient (Wildman–Crippen LogP) is 5.20. The van der Waals surface area contributed by atoms with Crippen molar-refractivity contribution in [2.45, 2.75) is 46.8 Å². The van der Waals surface area contributed by atoms with Crippen LogP contribution in [0.1, 0.15) is 18.5 Å². The van der Waals surface area contributed by atoms with Gasteiger partial charge in [0.25, 0.3) is 0 Å². The van der Waals surface area contributed by atoms with Gasteiger partial charge in [-0.15, -0.1) is 0 Å². The van der Waals surface area contributed by atoms with Crippen molar-refractivity contribution in [2.24, 2.45) is 0 Å². The van der Waals surface area contributed by atoms with Gasteiger partial charge in [0.1, 0.15) is 18.3 Å². The van der Waals surface area contributed by atoms with E-state index in [0.717, 1.165) is 28.6 Å². The number of hydrogen-bond donors (Lipinski definition) is 0. The summed E-state index contributed by atoms with van der Waals surface area (Å²) in [5.74, 6) is -1.11. The molecular weight excluding hydrogens is 537 g/mol. The van der Waals surface area contributed by atoms with Gasteiger partial charge in [0.2, 0.25) is 10.0 Å². The summed E-state index contributed by atoms with van der Waals surface area (Å²) < 4.78 is 91.8. The highest BCUT2D eigenvalue weighted by Crippen LogP contribution is 2.37. The zero-order valence-electron chi connectivity index (χ0n) is 19.0. The molecule has 1 saturated heterocycles. The van der Waals surface area contributed by atoms with E-state index in [2.05, 4.69) is 9.97 Å². The molecule has 0 amide bonds. The first-order valence-electron chi connectivity index (χ1n) is 11.0. The van der Waals surface area contributed by atoms with E-state index in [4.69, 9.17) is 0 Å². The number of alkyl halides is 4. The summed E-state index contributed by atoms with van der Waals surface area (Å²) in [6.07, 6.45) is -0.547. The van der Waals surface area contributed by atoms with E-state index in [1.54, 1.807) is 6.07 Å². The van der Waals surface area contributed by atoms with Crippen LogP contribution in [0, 0.1) is 5.82 Å². The van der Waals surface area contributed by atoms with E-state index in [1.165, 1.54) is 30.6 Å². The van der Waals surface area contributed by atoms with Gasteiger partial charge in [-0.2, -0.15) is 17.5 Å². The van der Waals surface area contributed by atoms with Crippen LogP contribution in [0.2, 0.25) is 0 Å². The van der Waals surface area contributed by atoms with Gasteiger partial charge in [-0.3, -0.25) is 4.79 Å². The molecule has 0 radical (unpaired) electrons. The van der Waals surface area contributed by atoms with E-state index in [0.29, 0.717) is 17.0 Å². The van der Waals surface area contributed by atoms with Gasteiger partial charge >= 0.3 is 5.51 Å². The van der Waals surface area contributed by atoms with Gasteiger partial charge in [0.15, 0.2) is 5.78 Å². The van der Waals surface area contributed by atoms with E-state index >= 15 is 0 Å². The maximum atomic E-state index is 14.2. The maximum Gasteiger partial charge on any atom is 0.446 e. The van der Waals surface area contributed by atoms with E-state index in [-0.39, 0.29) is 40.8 Å². The number of thioether (sulfide) groups is 1. The minimum Gasteiger partial charge on any atom is -0.298 e. The fraction of sp³-hybridized carbons (Fsp3) is 0.292. The third kappa shape index (κ3) is 6.70. The average Bonchev–Trinajstić information content (AvgIpc) is 3.25. The molecule has 4 rings (SSSR count). The van der Waals surface area contributed by atoms with Crippen molar-refractivity contribution in [3.63, 3.8) is 0 Å². The Morgan fingerprint density at radius 1 is 1.05 bits per heavy atom. The Labute approximate surface area is 214 Å². The van der Waals surface area contributed by atoms with Gasteiger partial charge in [-0.05, 0) is 60.6 Å². The second-order valence-corrected chi connectivity index (χ2v) is 11.3. The molecule has 196 valence electrons. The lowest BCUT2D eigenvalue weighted by Crippen LogP contribution is -2.40. The number of rotatable bonds is 8. The molecule has 1 fully saturated rings. The summed E-state index contributed by atoms with van der Waals surface area (Å²) in [5, 5.41) is 0. The summed E-state index contributed by atoms with van der Waals surface area (Å²) >= 11 is -0.228. The van der Waals surface area contributed by atoms with Gasteiger partial charge < -0.3 is 0 Å². The molecule has 37 heavy (non-hydrogen) atoms. The molecule has 0 N–H and O–H groups in total. The van der Waals surface area contributed by atoms with Crippen molar-refractivity contribution >= 4 is 27.6 Å². The van der Waals surface area contributed by atoms with Gasteiger partial charge in [-0.1, -0.05) is 12.1 Å². The Morgan fingerprint density at radius 2 is 1.73 bits per heavy atom. The molecule has 1 aromatic heterocycles. The summed E-state index contributed by atoms with van der Waals surface area (Å²) in [4.78, 5) is 21.0. The lowest BCUT2D eigenvalue weighted by atomic mass is 10.0. The van der Waals surface area contributed by atoms with Crippen LogP contribution in [0.15, 0.2) is 70.7 Å². The minimum atomic E-state index is -4.40. The van der Waals surface area contributed by atoms with Crippen molar-refractivity contribution in [3.05, 3.63) is 72.4 Å².